The zero-order valence-corrected chi connectivity index (χ0v) is 14.2. The van der Waals surface area contributed by atoms with E-state index in [4.69, 9.17) is 4.74 Å². The topological polar surface area (TPSA) is 83.4 Å². The first-order chi connectivity index (χ1) is 12.2. The zero-order valence-electron chi connectivity index (χ0n) is 14.2. The minimum absolute atomic E-state index is 0.229. The summed E-state index contributed by atoms with van der Waals surface area (Å²) < 4.78 is 5.21. The van der Waals surface area contributed by atoms with Crippen LogP contribution in [0.4, 0.5) is 0 Å². The molecule has 0 bridgehead atoms. The van der Waals surface area contributed by atoms with Gasteiger partial charge in [0.1, 0.15) is 5.75 Å². The van der Waals surface area contributed by atoms with Gasteiger partial charge >= 0.3 is 0 Å². The van der Waals surface area contributed by atoms with Crippen molar-refractivity contribution in [2.45, 2.75) is 24.9 Å². The summed E-state index contributed by atoms with van der Waals surface area (Å²) in [6.45, 7) is 2.33. The lowest BCUT2D eigenvalue weighted by atomic mass is 10.0. The molecule has 0 spiro atoms. The van der Waals surface area contributed by atoms with Gasteiger partial charge in [-0.15, -0.1) is 5.11 Å². The molecule has 0 aromatic heterocycles. The van der Waals surface area contributed by atoms with Crippen LogP contribution in [-0.4, -0.2) is 49.5 Å². The van der Waals surface area contributed by atoms with Crippen LogP contribution in [0.5, 0.6) is 5.75 Å². The first-order valence-corrected chi connectivity index (χ1v) is 8.46. The first-order valence-electron chi connectivity index (χ1n) is 8.46. The van der Waals surface area contributed by atoms with E-state index in [0.29, 0.717) is 12.6 Å². The molecule has 0 saturated carbocycles. The fourth-order valence-corrected chi connectivity index (χ4v) is 3.23. The molecule has 0 radical (unpaired) electrons. The predicted molar refractivity (Wildman–Crippen MR) is 92.3 cm³/mol. The van der Waals surface area contributed by atoms with E-state index < -0.39 is 11.9 Å². The lowest BCUT2D eigenvalue weighted by Crippen LogP contribution is -2.38. The molecule has 7 nitrogen and oxygen atoms in total. The van der Waals surface area contributed by atoms with E-state index >= 15 is 0 Å². The van der Waals surface area contributed by atoms with Crippen LogP contribution < -0.4 is 10.1 Å². The molecule has 1 fully saturated rings. The highest BCUT2D eigenvalue weighted by atomic mass is 16.5. The molecule has 2 aliphatic rings. The Bertz CT molecular complexity index is 668. The molecule has 0 aliphatic carbocycles. The van der Waals surface area contributed by atoms with Crippen molar-refractivity contribution in [2.24, 2.45) is 10.2 Å². The quantitative estimate of drug-likeness (QED) is 0.855. The van der Waals surface area contributed by atoms with Crippen molar-refractivity contribution in [3.63, 3.8) is 0 Å². The molecule has 1 aromatic carbocycles. The number of nitrogens with zero attached hydrogens (tertiary/aromatic N) is 3. The summed E-state index contributed by atoms with van der Waals surface area (Å²) in [4.78, 5) is 25.4. The molecule has 1 saturated heterocycles. The van der Waals surface area contributed by atoms with Crippen LogP contribution in [-0.2, 0) is 9.59 Å². The summed E-state index contributed by atoms with van der Waals surface area (Å²) in [5.74, 6) is 0.199. The summed E-state index contributed by atoms with van der Waals surface area (Å²) in [6.07, 6.45) is 5.01. The average Bonchev–Trinajstić information content (AvgIpc) is 3.11. The molecular formula is C18H22N4O3. The monoisotopic (exact) mass is 342 g/mol. The van der Waals surface area contributed by atoms with E-state index in [1.165, 1.54) is 17.7 Å². The maximum Gasteiger partial charge on any atom is 0.287 e. The van der Waals surface area contributed by atoms with Crippen LogP contribution in [0.3, 0.4) is 0 Å². The van der Waals surface area contributed by atoms with Crippen molar-refractivity contribution in [3.05, 3.63) is 42.0 Å². The minimum Gasteiger partial charge on any atom is -0.497 e. The molecule has 2 aliphatic heterocycles. The van der Waals surface area contributed by atoms with Crippen LogP contribution in [0.2, 0.25) is 0 Å². The van der Waals surface area contributed by atoms with Crippen molar-refractivity contribution >= 4 is 11.8 Å². The standard InChI is InChI=1S/C18H22N4O3/c1-25-14-6-4-13(5-7-14)16-3-2-11-22(16)12-10-19-18(24)15-8-9-17(23)21-20-15/h4-9,15-16H,2-3,10-12H2,1H3,(H,19,24). The Morgan fingerprint density at radius 1 is 1.36 bits per heavy atom. The lowest BCUT2D eigenvalue weighted by molar-refractivity contribution is -0.121. The number of ether oxygens (including phenoxy) is 1. The number of amides is 2. The second-order valence-electron chi connectivity index (χ2n) is 6.12. The summed E-state index contributed by atoms with van der Waals surface area (Å²) in [5, 5.41) is 9.96. The van der Waals surface area contributed by atoms with Gasteiger partial charge in [-0.1, -0.05) is 12.1 Å². The fraction of sp³-hybridized carbons (Fsp3) is 0.444. The van der Waals surface area contributed by atoms with Crippen LogP contribution >= 0.6 is 0 Å². The number of hydrogen-bond acceptors (Lipinski definition) is 5. The number of benzene rings is 1. The Morgan fingerprint density at radius 3 is 2.84 bits per heavy atom. The number of methoxy groups -OCH3 is 1. The van der Waals surface area contributed by atoms with Gasteiger partial charge in [-0.2, -0.15) is 5.11 Å². The first kappa shape index (κ1) is 17.3. The maximum absolute atomic E-state index is 12.0. The van der Waals surface area contributed by atoms with E-state index in [2.05, 4.69) is 32.6 Å². The summed E-state index contributed by atoms with van der Waals surface area (Å²) in [7, 11) is 1.66. The highest BCUT2D eigenvalue weighted by Crippen LogP contribution is 2.32. The molecule has 2 heterocycles. The summed E-state index contributed by atoms with van der Waals surface area (Å²) >= 11 is 0. The van der Waals surface area contributed by atoms with Gasteiger partial charge in [0, 0.05) is 25.2 Å². The molecular weight excluding hydrogens is 320 g/mol. The van der Waals surface area contributed by atoms with E-state index in [9.17, 15) is 9.59 Å². The highest BCUT2D eigenvalue weighted by Gasteiger charge is 2.26. The molecule has 2 unspecified atom stereocenters. The van der Waals surface area contributed by atoms with Gasteiger partial charge in [0.25, 0.3) is 11.8 Å². The van der Waals surface area contributed by atoms with E-state index in [1.807, 2.05) is 12.1 Å². The molecule has 1 N–H and O–H groups in total. The third kappa shape index (κ3) is 4.30. The van der Waals surface area contributed by atoms with Crippen molar-refractivity contribution in [1.29, 1.82) is 0 Å². The average molecular weight is 342 g/mol. The molecule has 3 rings (SSSR count). The van der Waals surface area contributed by atoms with Gasteiger partial charge in [0.2, 0.25) is 0 Å². The van der Waals surface area contributed by atoms with E-state index in [1.54, 1.807) is 7.11 Å². The summed E-state index contributed by atoms with van der Waals surface area (Å²) in [5.41, 5.74) is 1.27. The van der Waals surface area contributed by atoms with Crippen LogP contribution in [0, 0.1) is 0 Å². The Hall–Kier alpha value is -2.54. The van der Waals surface area contributed by atoms with Gasteiger partial charge in [0.15, 0.2) is 6.04 Å². The zero-order chi connectivity index (χ0) is 17.6. The van der Waals surface area contributed by atoms with Crippen molar-refractivity contribution in [2.75, 3.05) is 26.7 Å². The van der Waals surface area contributed by atoms with Gasteiger partial charge in [0.05, 0.1) is 7.11 Å². The molecule has 1 aromatic rings. The Balaban J connectivity index is 1.50. The predicted octanol–water partition coefficient (Wildman–Crippen LogP) is 1.87. The fourth-order valence-electron chi connectivity index (χ4n) is 3.23. The Morgan fingerprint density at radius 2 is 2.16 bits per heavy atom. The smallest absolute Gasteiger partial charge is 0.287 e. The number of hydrogen-bond donors (Lipinski definition) is 1. The van der Waals surface area contributed by atoms with Gasteiger partial charge in [-0.05, 0) is 43.2 Å². The summed E-state index contributed by atoms with van der Waals surface area (Å²) in [6, 6.07) is 7.84. The van der Waals surface area contributed by atoms with Gasteiger partial charge in [-0.3, -0.25) is 14.5 Å². The third-order valence-electron chi connectivity index (χ3n) is 4.53. The van der Waals surface area contributed by atoms with Crippen LogP contribution in [0.25, 0.3) is 0 Å². The second kappa shape index (κ2) is 8.02. The molecule has 2 atom stereocenters. The number of rotatable bonds is 6. The Labute approximate surface area is 146 Å². The van der Waals surface area contributed by atoms with E-state index in [0.717, 1.165) is 31.7 Å². The molecule has 25 heavy (non-hydrogen) atoms. The number of azo groups is 1. The molecule has 2 amide bonds. The largest absolute Gasteiger partial charge is 0.497 e. The number of carbonyl (C=O) groups excluding carboxylic acids is 2. The number of likely N-dealkylation sites (tertiary alicyclic amines) is 1. The maximum atomic E-state index is 12.0. The van der Waals surface area contributed by atoms with Crippen LogP contribution in [0.1, 0.15) is 24.4 Å². The normalized spacial score (nSPS) is 23.0. The Kier molecular flexibility index (Phi) is 5.55. The third-order valence-corrected chi connectivity index (χ3v) is 4.53. The van der Waals surface area contributed by atoms with Crippen LogP contribution in [0.15, 0.2) is 46.6 Å². The molecule has 132 valence electrons. The van der Waals surface area contributed by atoms with Gasteiger partial charge in [-0.25, -0.2) is 0 Å². The number of nitrogens with one attached hydrogen (secondary N) is 1. The van der Waals surface area contributed by atoms with E-state index in [-0.39, 0.29) is 5.91 Å². The highest BCUT2D eigenvalue weighted by molar-refractivity contribution is 5.92. The minimum atomic E-state index is -0.700. The van der Waals surface area contributed by atoms with Gasteiger partial charge < -0.3 is 10.1 Å². The molecule has 7 heteroatoms. The lowest BCUT2D eigenvalue weighted by Gasteiger charge is -2.25. The van der Waals surface area contributed by atoms with Crippen molar-refractivity contribution in [1.82, 2.24) is 10.2 Å². The second-order valence-corrected chi connectivity index (χ2v) is 6.12. The SMILES string of the molecule is COc1ccc(C2CCCN2CCNC(=O)C2C=CC(=O)N=N2)cc1. The van der Waals surface area contributed by atoms with Crippen molar-refractivity contribution < 1.29 is 14.3 Å². The number of carbonyl (C=O) groups is 2. The van der Waals surface area contributed by atoms with Crippen molar-refractivity contribution in [3.8, 4) is 5.75 Å².